The van der Waals surface area contributed by atoms with Crippen LogP contribution in [0.3, 0.4) is 0 Å². The van der Waals surface area contributed by atoms with Crippen LogP contribution < -0.4 is 10.5 Å². The van der Waals surface area contributed by atoms with Gasteiger partial charge in [0.2, 0.25) is 0 Å². The Kier molecular flexibility index (Phi) is 3.37. The first-order valence-corrected chi connectivity index (χ1v) is 5.44. The van der Waals surface area contributed by atoms with E-state index in [4.69, 9.17) is 10.5 Å². The molecule has 19 heavy (non-hydrogen) atoms. The molecular weight excluding hydrogens is 259 g/mol. The number of alkyl halides is 3. The minimum absolute atomic E-state index is 0.0825. The standard InChI is InChI=1S/C12H12F3N3O/c1-18-10(16)6-17-11(18)7-19-9-5-3-2-4-8(9)12(13,14)15/h2-6H,7,16H2,1H3. The molecule has 7 heteroatoms. The Balaban J connectivity index is 2.19. The van der Waals surface area contributed by atoms with Gasteiger partial charge in [-0.2, -0.15) is 13.2 Å². The molecule has 0 saturated carbocycles. The van der Waals surface area contributed by atoms with Crippen molar-refractivity contribution in [1.29, 1.82) is 0 Å². The number of nitrogens with zero attached hydrogens (tertiary/aromatic N) is 2. The fourth-order valence-electron chi connectivity index (χ4n) is 1.57. The highest BCUT2D eigenvalue weighted by Crippen LogP contribution is 2.36. The second kappa shape index (κ2) is 4.83. The lowest BCUT2D eigenvalue weighted by Gasteiger charge is -2.13. The third-order valence-electron chi connectivity index (χ3n) is 2.67. The van der Waals surface area contributed by atoms with Gasteiger partial charge in [0.25, 0.3) is 0 Å². The Labute approximate surface area is 107 Å². The third kappa shape index (κ3) is 2.81. The summed E-state index contributed by atoms with van der Waals surface area (Å²) in [5.74, 6) is 0.647. The molecule has 0 radical (unpaired) electrons. The van der Waals surface area contributed by atoms with Gasteiger partial charge in [-0.25, -0.2) is 4.98 Å². The zero-order chi connectivity index (χ0) is 14.0. The van der Waals surface area contributed by atoms with Gasteiger partial charge in [0.1, 0.15) is 24.0 Å². The summed E-state index contributed by atoms with van der Waals surface area (Å²) in [4.78, 5) is 3.95. The van der Waals surface area contributed by atoms with Crippen LogP contribution in [-0.4, -0.2) is 9.55 Å². The van der Waals surface area contributed by atoms with Gasteiger partial charge >= 0.3 is 6.18 Å². The molecule has 0 fully saturated rings. The van der Waals surface area contributed by atoms with Gasteiger partial charge < -0.3 is 15.0 Å². The van der Waals surface area contributed by atoms with Crippen LogP contribution in [0.4, 0.5) is 19.0 Å². The van der Waals surface area contributed by atoms with Crippen LogP contribution in [-0.2, 0) is 19.8 Å². The number of hydrogen-bond acceptors (Lipinski definition) is 3. The number of benzene rings is 1. The van der Waals surface area contributed by atoms with E-state index in [9.17, 15) is 13.2 Å². The highest BCUT2D eigenvalue weighted by Gasteiger charge is 2.34. The Bertz CT molecular complexity index is 578. The number of hydrogen-bond donors (Lipinski definition) is 1. The summed E-state index contributed by atoms with van der Waals surface area (Å²) in [5.41, 5.74) is 4.77. The van der Waals surface area contributed by atoms with E-state index in [0.717, 1.165) is 6.07 Å². The maximum Gasteiger partial charge on any atom is 0.419 e. The lowest BCUT2D eigenvalue weighted by molar-refractivity contribution is -0.139. The average molecular weight is 271 g/mol. The predicted octanol–water partition coefficient (Wildman–Crippen LogP) is 2.60. The number of halogens is 3. The molecule has 1 heterocycles. The van der Waals surface area contributed by atoms with Gasteiger partial charge in [-0.05, 0) is 12.1 Å². The van der Waals surface area contributed by atoms with E-state index >= 15 is 0 Å². The van der Waals surface area contributed by atoms with Crippen molar-refractivity contribution in [1.82, 2.24) is 9.55 Å². The molecule has 0 aliphatic rings. The zero-order valence-corrected chi connectivity index (χ0v) is 10.1. The van der Waals surface area contributed by atoms with E-state index in [0.29, 0.717) is 11.6 Å². The van der Waals surface area contributed by atoms with Gasteiger partial charge in [0.15, 0.2) is 0 Å². The van der Waals surface area contributed by atoms with Crippen LogP contribution in [0.15, 0.2) is 30.5 Å². The van der Waals surface area contributed by atoms with Crippen LogP contribution in [0.5, 0.6) is 5.75 Å². The third-order valence-corrected chi connectivity index (χ3v) is 2.67. The van der Waals surface area contributed by atoms with Crippen molar-refractivity contribution in [3.8, 4) is 5.75 Å². The molecule has 0 aliphatic heterocycles. The monoisotopic (exact) mass is 271 g/mol. The highest BCUT2D eigenvalue weighted by molar-refractivity contribution is 5.35. The van der Waals surface area contributed by atoms with Crippen molar-refractivity contribution in [2.75, 3.05) is 5.73 Å². The summed E-state index contributed by atoms with van der Waals surface area (Å²) in [7, 11) is 1.66. The minimum Gasteiger partial charge on any atom is -0.485 e. The fourth-order valence-corrected chi connectivity index (χ4v) is 1.57. The second-order valence-electron chi connectivity index (χ2n) is 3.94. The van der Waals surface area contributed by atoms with Gasteiger partial charge in [0.05, 0.1) is 11.8 Å². The summed E-state index contributed by atoms with van der Waals surface area (Å²) in [5, 5.41) is 0. The summed E-state index contributed by atoms with van der Waals surface area (Å²) < 4.78 is 44.9. The summed E-state index contributed by atoms with van der Waals surface area (Å²) in [6, 6.07) is 5.04. The number of imidazole rings is 1. The van der Waals surface area contributed by atoms with Crippen molar-refractivity contribution in [3.63, 3.8) is 0 Å². The molecule has 1 aromatic heterocycles. The molecule has 0 saturated heterocycles. The Morgan fingerprint density at radius 3 is 2.58 bits per heavy atom. The molecule has 0 aliphatic carbocycles. The van der Waals surface area contributed by atoms with Crippen LogP contribution in [0.25, 0.3) is 0 Å². The molecule has 4 nitrogen and oxygen atoms in total. The van der Waals surface area contributed by atoms with Crippen molar-refractivity contribution in [2.45, 2.75) is 12.8 Å². The van der Waals surface area contributed by atoms with Gasteiger partial charge in [-0.1, -0.05) is 12.1 Å². The molecule has 0 atom stereocenters. The van der Waals surface area contributed by atoms with Gasteiger partial charge in [0, 0.05) is 7.05 Å². The molecule has 0 spiro atoms. The lowest BCUT2D eigenvalue weighted by atomic mass is 10.2. The van der Waals surface area contributed by atoms with Crippen LogP contribution in [0.1, 0.15) is 11.4 Å². The largest absolute Gasteiger partial charge is 0.485 e. The first kappa shape index (κ1) is 13.3. The van der Waals surface area contributed by atoms with Crippen LogP contribution >= 0.6 is 0 Å². The van der Waals surface area contributed by atoms with Crippen molar-refractivity contribution in [2.24, 2.45) is 7.05 Å². The van der Waals surface area contributed by atoms with Crippen molar-refractivity contribution < 1.29 is 17.9 Å². The van der Waals surface area contributed by atoms with E-state index in [1.54, 1.807) is 11.6 Å². The molecule has 0 unspecified atom stereocenters. The smallest absolute Gasteiger partial charge is 0.419 e. The number of para-hydroxylation sites is 1. The molecule has 2 aromatic rings. The molecule has 1 aromatic carbocycles. The van der Waals surface area contributed by atoms with Crippen LogP contribution in [0.2, 0.25) is 0 Å². The maximum atomic E-state index is 12.7. The highest BCUT2D eigenvalue weighted by atomic mass is 19.4. The molecule has 0 bridgehead atoms. The SMILES string of the molecule is Cn1c(N)cnc1COc1ccccc1C(F)(F)F. The molecule has 0 amide bonds. The first-order chi connectivity index (χ1) is 8.89. The van der Waals surface area contributed by atoms with E-state index in [1.807, 2.05) is 0 Å². The van der Waals surface area contributed by atoms with Crippen LogP contribution in [0, 0.1) is 0 Å². The topological polar surface area (TPSA) is 53.1 Å². The first-order valence-electron chi connectivity index (χ1n) is 5.44. The summed E-state index contributed by atoms with van der Waals surface area (Å²) >= 11 is 0. The quantitative estimate of drug-likeness (QED) is 0.933. The second-order valence-corrected chi connectivity index (χ2v) is 3.94. The molecule has 2 N–H and O–H groups in total. The zero-order valence-electron chi connectivity index (χ0n) is 10.1. The number of anilines is 1. The van der Waals surface area contributed by atoms with Crippen molar-refractivity contribution >= 4 is 5.82 Å². The van der Waals surface area contributed by atoms with E-state index in [2.05, 4.69) is 4.98 Å². The number of nitrogen functional groups attached to an aromatic ring is 1. The Hall–Kier alpha value is -2.18. The fraction of sp³-hybridized carbons (Fsp3) is 0.250. The molecule has 2 rings (SSSR count). The molecular formula is C12H12F3N3O. The number of ether oxygens (including phenoxy) is 1. The number of aromatic nitrogens is 2. The summed E-state index contributed by atoms with van der Waals surface area (Å²) in [6.45, 7) is -0.0825. The number of nitrogens with two attached hydrogens (primary N) is 1. The average Bonchev–Trinajstić information content (AvgIpc) is 2.67. The van der Waals surface area contributed by atoms with E-state index < -0.39 is 11.7 Å². The van der Waals surface area contributed by atoms with Gasteiger partial charge in [-0.15, -0.1) is 0 Å². The van der Waals surface area contributed by atoms with Gasteiger partial charge in [-0.3, -0.25) is 0 Å². The van der Waals surface area contributed by atoms with Crippen molar-refractivity contribution in [3.05, 3.63) is 41.9 Å². The van der Waals surface area contributed by atoms with E-state index in [1.165, 1.54) is 24.4 Å². The van der Waals surface area contributed by atoms with E-state index in [-0.39, 0.29) is 12.4 Å². The predicted molar refractivity (Wildman–Crippen MR) is 63.4 cm³/mol. The summed E-state index contributed by atoms with van der Waals surface area (Å²) in [6.07, 6.45) is -3.02. The molecule has 102 valence electrons. The lowest BCUT2D eigenvalue weighted by Crippen LogP contribution is -2.10. The number of rotatable bonds is 3. The Morgan fingerprint density at radius 1 is 1.32 bits per heavy atom. The Morgan fingerprint density at radius 2 is 2.00 bits per heavy atom. The minimum atomic E-state index is -4.45. The normalized spacial score (nSPS) is 11.6. The maximum absolute atomic E-state index is 12.7.